The Bertz CT molecular complexity index is 587. The molecule has 0 amide bonds. The molecule has 0 unspecified atom stereocenters. The molecular weight excluding hydrogens is 262 g/mol. The lowest BCUT2D eigenvalue weighted by Gasteiger charge is -2.11. The van der Waals surface area contributed by atoms with Crippen LogP contribution < -0.4 is 10.1 Å². The van der Waals surface area contributed by atoms with Gasteiger partial charge in [0.1, 0.15) is 22.5 Å². The fourth-order valence-corrected chi connectivity index (χ4v) is 1.93. The molecule has 0 atom stereocenters. The van der Waals surface area contributed by atoms with Crippen molar-refractivity contribution in [3.05, 3.63) is 40.8 Å². The van der Waals surface area contributed by atoms with Gasteiger partial charge in [-0.25, -0.2) is 9.97 Å². The Balaban J connectivity index is 2.28. The summed E-state index contributed by atoms with van der Waals surface area (Å²) < 4.78 is 5.18. The number of nitrogens with zero attached hydrogens (tertiary/aromatic N) is 2. The summed E-state index contributed by atoms with van der Waals surface area (Å²) in [4.78, 5) is 8.53. The number of aromatic nitrogens is 2. The third-order valence-electron chi connectivity index (χ3n) is 2.75. The first-order valence-corrected chi connectivity index (χ1v) is 6.45. The summed E-state index contributed by atoms with van der Waals surface area (Å²) in [5.41, 5.74) is 2.05. The fourth-order valence-electron chi connectivity index (χ4n) is 1.73. The lowest BCUT2D eigenvalue weighted by molar-refractivity contribution is 0.414. The van der Waals surface area contributed by atoms with Gasteiger partial charge in [-0.2, -0.15) is 0 Å². The normalized spacial score (nSPS) is 10.3. The van der Waals surface area contributed by atoms with Crippen LogP contribution in [-0.4, -0.2) is 17.1 Å². The van der Waals surface area contributed by atoms with E-state index >= 15 is 0 Å². The highest BCUT2D eigenvalue weighted by Gasteiger charge is 2.05. The molecule has 0 radical (unpaired) electrons. The van der Waals surface area contributed by atoms with E-state index in [1.165, 1.54) is 0 Å². The van der Waals surface area contributed by atoms with Crippen LogP contribution in [0.2, 0.25) is 5.15 Å². The molecule has 5 heteroatoms. The summed E-state index contributed by atoms with van der Waals surface area (Å²) in [5, 5.41) is 3.69. The fraction of sp³-hybridized carbons (Fsp3) is 0.286. The molecule has 0 saturated carbocycles. The van der Waals surface area contributed by atoms with Gasteiger partial charge in [0, 0.05) is 18.2 Å². The van der Waals surface area contributed by atoms with Crippen molar-refractivity contribution < 1.29 is 4.74 Å². The Hall–Kier alpha value is -1.81. The molecule has 0 aliphatic rings. The molecule has 0 spiro atoms. The molecule has 1 aromatic heterocycles. The van der Waals surface area contributed by atoms with Crippen molar-refractivity contribution in [2.75, 3.05) is 12.4 Å². The molecule has 1 N–H and O–H groups in total. The Morgan fingerprint density at radius 1 is 1.26 bits per heavy atom. The second-order valence-electron chi connectivity index (χ2n) is 4.15. The van der Waals surface area contributed by atoms with Gasteiger partial charge in [0.15, 0.2) is 0 Å². The number of methoxy groups -OCH3 is 1. The Labute approximate surface area is 117 Å². The standard InChI is InChI=1S/C14H16ClN3O/c1-4-13-17-12(15)8-14(18-13)16-11-6-5-10(19-3)7-9(11)2/h5-8H,4H2,1-3H3,(H,16,17,18). The maximum Gasteiger partial charge on any atom is 0.135 e. The highest BCUT2D eigenvalue weighted by molar-refractivity contribution is 6.29. The van der Waals surface area contributed by atoms with E-state index in [-0.39, 0.29) is 0 Å². The van der Waals surface area contributed by atoms with E-state index in [0.717, 1.165) is 29.2 Å². The summed E-state index contributed by atoms with van der Waals surface area (Å²) in [6.45, 7) is 4.00. The average molecular weight is 278 g/mol. The first-order valence-electron chi connectivity index (χ1n) is 6.07. The van der Waals surface area contributed by atoms with E-state index in [9.17, 15) is 0 Å². The predicted molar refractivity (Wildman–Crippen MR) is 77.4 cm³/mol. The summed E-state index contributed by atoms with van der Waals surface area (Å²) in [6, 6.07) is 7.53. The molecule has 0 saturated heterocycles. The topological polar surface area (TPSA) is 47.0 Å². The number of ether oxygens (including phenoxy) is 1. The summed E-state index contributed by atoms with van der Waals surface area (Å²) in [7, 11) is 1.65. The lowest BCUT2D eigenvalue weighted by atomic mass is 10.2. The average Bonchev–Trinajstić information content (AvgIpc) is 2.40. The summed E-state index contributed by atoms with van der Waals surface area (Å²) in [5.74, 6) is 2.25. The van der Waals surface area contributed by atoms with Crippen LogP contribution in [0, 0.1) is 6.92 Å². The molecule has 0 aliphatic heterocycles. The van der Waals surface area contributed by atoms with Crippen molar-refractivity contribution in [3.8, 4) is 5.75 Å². The highest BCUT2D eigenvalue weighted by atomic mass is 35.5. The van der Waals surface area contributed by atoms with E-state index < -0.39 is 0 Å². The van der Waals surface area contributed by atoms with Crippen LogP contribution >= 0.6 is 11.6 Å². The molecule has 2 rings (SSSR count). The van der Waals surface area contributed by atoms with E-state index in [1.54, 1.807) is 13.2 Å². The SMILES string of the molecule is CCc1nc(Cl)cc(Nc2ccc(OC)cc2C)n1. The van der Waals surface area contributed by atoms with Crippen LogP contribution in [0.25, 0.3) is 0 Å². The van der Waals surface area contributed by atoms with Gasteiger partial charge < -0.3 is 10.1 Å². The van der Waals surface area contributed by atoms with Crippen molar-refractivity contribution in [1.82, 2.24) is 9.97 Å². The monoisotopic (exact) mass is 277 g/mol. The molecule has 1 aromatic carbocycles. The molecule has 4 nitrogen and oxygen atoms in total. The molecule has 2 aromatic rings. The zero-order valence-electron chi connectivity index (χ0n) is 11.2. The minimum absolute atomic E-state index is 0.445. The van der Waals surface area contributed by atoms with E-state index in [0.29, 0.717) is 11.0 Å². The summed E-state index contributed by atoms with van der Waals surface area (Å²) in [6.07, 6.45) is 0.747. The Morgan fingerprint density at radius 3 is 2.68 bits per heavy atom. The second kappa shape index (κ2) is 5.89. The number of hydrogen-bond acceptors (Lipinski definition) is 4. The third-order valence-corrected chi connectivity index (χ3v) is 2.95. The van der Waals surface area contributed by atoms with E-state index in [4.69, 9.17) is 16.3 Å². The number of halogens is 1. The van der Waals surface area contributed by atoms with Gasteiger partial charge in [0.05, 0.1) is 7.11 Å². The second-order valence-corrected chi connectivity index (χ2v) is 4.54. The van der Waals surface area contributed by atoms with Crippen LogP contribution in [0.15, 0.2) is 24.3 Å². The lowest BCUT2D eigenvalue weighted by Crippen LogP contribution is -2.00. The molecule has 1 heterocycles. The zero-order chi connectivity index (χ0) is 13.8. The zero-order valence-corrected chi connectivity index (χ0v) is 12.0. The van der Waals surface area contributed by atoms with Gasteiger partial charge >= 0.3 is 0 Å². The van der Waals surface area contributed by atoms with Crippen LogP contribution in [0.5, 0.6) is 5.75 Å². The quantitative estimate of drug-likeness (QED) is 0.865. The van der Waals surface area contributed by atoms with Gasteiger partial charge in [-0.05, 0) is 30.7 Å². The van der Waals surface area contributed by atoms with Crippen molar-refractivity contribution >= 4 is 23.1 Å². The van der Waals surface area contributed by atoms with Gasteiger partial charge in [-0.3, -0.25) is 0 Å². The number of hydrogen-bond donors (Lipinski definition) is 1. The maximum atomic E-state index is 5.97. The van der Waals surface area contributed by atoms with Gasteiger partial charge in [-0.1, -0.05) is 18.5 Å². The summed E-state index contributed by atoms with van der Waals surface area (Å²) >= 11 is 5.97. The van der Waals surface area contributed by atoms with Crippen LogP contribution in [0.3, 0.4) is 0 Å². The number of aryl methyl sites for hydroxylation is 2. The number of anilines is 2. The van der Waals surface area contributed by atoms with Crippen LogP contribution in [-0.2, 0) is 6.42 Å². The highest BCUT2D eigenvalue weighted by Crippen LogP contribution is 2.24. The Morgan fingerprint density at radius 2 is 2.05 bits per heavy atom. The van der Waals surface area contributed by atoms with Crippen molar-refractivity contribution in [3.63, 3.8) is 0 Å². The van der Waals surface area contributed by atoms with E-state index in [1.807, 2.05) is 32.0 Å². The van der Waals surface area contributed by atoms with Crippen molar-refractivity contribution in [1.29, 1.82) is 0 Å². The number of nitrogens with one attached hydrogen (secondary N) is 1. The first-order chi connectivity index (χ1) is 9.12. The van der Waals surface area contributed by atoms with Crippen LogP contribution in [0.4, 0.5) is 11.5 Å². The van der Waals surface area contributed by atoms with Gasteiger partial charge in [0.25, 0.3) is 0 Å². The predicted octanol–water partition coefficient (Wildman–Crippen LogP) is 3.75. The molecule has 0 bridgehead atoms. The first kappa shape index (κ1) is 13.6. The van der Waals surface area contributed by atoms with Crippen LogP contribution in [0.1, 0.15) is 18.3 Å². The van der Waals surface area contributed by atoms with Crippen molar-refractivity contribution in [2.45, 2.75) is 20.3 Å². The number of benzene rings is 1. The smallest absolute Gasteiger partial charge is 0.135 e. The molecular formula is C14H16ClN3O. The molecule has 19 heavy (non-hydrogen) atoms. The van der Waals surface area contributed by atoms with Crippen molar-refractivity contribution in [2.24, 2.45) is 0 Å². The molecule has 0 aliphatic carbocycles. The largest absolute Gasteiger partial charge is 0.497 e. The maximum absolute atomic E-state index is 5.97. The number of rotatable bonds is 4. The minimum atomic E-state index is 0.445. The third kappa shape index (κ3) is 3.35. The Kier molecular flexibility index (Phi) is 4.22. The molecule has 0 fully saturated rings. The molecule has 100 valence electrons. The van der Waals surface area contributed by atoms with E-state index in [2.05, 4.69) is 15.3 Å². The van der Waals surface area contributed by atoms with Gasteiger partial charge in [-0.15, -0.1) is 0 Å². The van der Waals surface area contributed by atoms with Gasteiger partial charge in [0.2, 0.25) is 0 Å². The minimum Gasteiger partial charge on any atom is -0.497 e.